The summed E-state index contributed by atoms with van der Waals surface area (Å²) >= 11 is 0. The molecule has 0 spiro atoms. The number of hydrogen-bond donors (Lipinski definition) is 0. The van der Waals surface area contributed by atoms with Crippen LogP contribution in [0, 0.1) is 23.7 Å². The van der Waals surface area contributed by atoms with Crippen molar-refractivity contribution in [3.63, 3.8) is 0 Å². The summed E-state index contributed by atoms with van der Waals surface area (Å²) in [5.74, 6) is 11.9. The van der Waals surface area contributed by atoms with E-state index in [1.165, 1.54) is 0 Å². The van der Waals surface area contributed by atoms with E-state index >= 15 is 0 Å². The molecule has 0 saturated carbocycles. The third-order valence-electron chi connectivity index (χ3n) is 2.09. The molecule has 0 aliphatic rings. The van der Waals surface area contributed by atoms with E-state index in [1.807, 2.05) is 24.3 Å². The molecule has 16 heavy (non-hydrogen) atoms. The Bertz CT molecular complexity index is 472. The molecule has 1 rings (SSSR count). The Morgan fingerprint density at radius 3 is 2.50 bits per heavy atom. The minimum atomic E-state index is 0.675. The Kier molecular flexibility index (Phi) is 4.77. The average molecular weight is 210 g/mol. The van der Waals surface area contributed by atoms with Crippen LogP contribution < -0.4 is 0 Å². The second-order valence-corrected chi connectivity index (χ2v) is 3.18. The van der Waals surface area contributed by atoms with Crippen molar-refractivity contribution in [2.24, 2.45) is 0 Å². The Morgan fingerprint density at radius 1 is 1.25 bits per heavy atom. The lowest BCUT2D eigenvalue weighted by Gasteiger charge is -2.04. The molecule has 0 atom stereocenters. The van der Waals surface area contributed by atoms with Crippen molar-refractivity contribution in [3.05, 3.63) is 42.0 Å². The fourth-order valence-electron chi connectivity index (χ4n) is 1.18. The summed E-state index contributed by atoms with van der Waals surface area (Å²) in [6, 6.07) is 8.00. The predicted molar refractivity (Wildman–Crippen MR) is 67.4 cm³/mol. The highest BCUT2D eigenvalue weighted by Crippen LogP contribution is 2.13. The number of benzene rings is 1. The van der Waals surface area contributed by atoms with Gasteiger partial charge < -0.3 is 4.74 Å². The maximum Gasteiger partial charge on any atom is 0.118 e. The van der Waals surface area contributed by atoms with Crippen LogP contribution in [0.5, 0.6) is 0 Å². The Hall–Kier alpha value is -2.12. The monoisotopic (exact) mass is 210 g/mol. The first kappa shape index (κ1) is 12.0. The fraction of sp³-hybridized carbons (Fsp3) is 0.200. The van der Waals surface area contributed by atoms with E-state index in [0.29, 0.717) is 12.2 Å². The van der Waals surface area contributed by atoms with Crippen molar-refractivity contribution in [3.8, 4) is 23.7 Å². The van der Waals surface area contributed by atoms with Gasteiger partial charge in [-0.25, -0.2) is 0 Å². The SMILES string of the molecule is C=C(OC)c1ccc(CC#CC#CC)cc1. The van der Waals surface area contributed by atoms with Gasteiger partial charge in [0.25, 0.3) is 0 Å². The smallest absolute Gasteiger partial charge is 0.118 e. The summed E-state index contributed by atoms with van der Waals surface area (Å²) in [5, 5.41) is 0. The average Bonchev–Trinajstić information content (AvgIpc) is 2.34. The van der Waals surface area contributed by atoms with E-state index in [4.69, 9.17) is 4.74 Å². The maximum atomic E-state index is 5.05. The molecule has 1 nitrogen and oxygen atoms in total. The van der Waals surface area contributed by atoms with E-state index in [1.54, 1.807) is 14.0 Å². The van der Waals surface area contributed by atoms with Crippen molar-refractivity contribution in [2.45, 2.75) is 13.3 Å². The van der Waals surface area contributed by atoms with E-state index in [-0.39, 0.29) is 0 Å². The molecule has 0 radical (unpaired) electrons. The molecule has 0 aromatic heterocycles. The highest BCUT2D eigenvalue weighted by atomic mass is 16.5. The molecule has 1 aromatic rings. The van der Waals surface area contributed by atoms with Gasteiger partial charge in [-0.2, -0.15) is 0 Å². The van der Waals surface area contributed by atoms with Gasteiger partial charge in [-0.05, 0) is 24.3 Å². The molecule has 0 unspecified atom stereocenters. The first-order valence-electron chi connectivity index (χ1n) is 4.99. The minimum absolute atomic E-state index is 0.675. The van der Waals surface area contributed by atoms with E-state index in [0.717, 1.165) is 11.1 Å². The Labute approximate surface area is 97.1 Å². The van der Waals surface area contributed by atoms with E-state index < -0.39 is 0 Å². The van der Waals surface area contributed by atoms with Gasteiger partial charge in [-0.1, -0.05) is 42.7 Å². The summed E-state index contributed by atoms with van der Waals surface area (Å²) in [6.07, 6.45) is 0.717. The van der Waals surface area contributed by atoms with Crippen LogP contribution in [0.2, 0.25) is 0 Å². The van der Waals surface area contributed by atoms with Crippen molar-refractivity contribution in [1.82, 2.24) is 0 Å². The summed E-state index contributed by atoms with van der Waals surface area (Å²) in [5.41, 5.74) is 2.16. The highest BCUT2D eigenvalue weighted by Gasteiger charge is 1.97. The van der Waals surface area contributed by atoms with E-state index in [9.17, 15) is 0 Å². The molecule has 0 bridgehead atoms. The highest BCUT2D eigenvalue weighted by molar-refractivity contribution is 5.57. The molecule has 0 N–H and O–H groups in total. The Morgan fingerprint density at radius 2 is 1.94 bits per heavy atom. The van der Waals surface area contributed by atoms with E-state index in [2.05, 4.69) is 30.3 Å². The van der Waals surface area contributed by atoms with Gasteiger partial charge in [-0.3, -0.25) is 0 Å². The van der Waals surface area contributed by atoms with Crippen LogP contribution >= 0.6 is 0 Å². The molecule has 80 valence electrons. The molecular formula is C15H14O. The van der Waals surface area contributed by atoms with Gasteiger partial charge in [0.1, 0.15) is 5.76 Å². The molecular weight excluding hydrogens is 196 g/mol. The van der Waals surface area contributed by atoms with Crippen LogP contribution in [0.3, 0.4) is 0 Å². The van der Waals surface area contributed by atoms with Crippen LogP contribution in [-0.4, -0.2) is 7.11 Å². The van der Waals surface area contributed by atoms with Gasteiger partial charge in [-0.15, -0.1) is 0 Å². The summed E-state index contributed by atoms with van der Waals surface area (Å²) in [7, 11) is 1.62. The zero-order valence-electron chi connectivity index (χ0n) is 9.63. The normalized spacial score (nSPS) is 8.12. The first-order valence-corrected chi connectivity index (χ1v) is 4.99. The lowest BCUT2D eigenvalue weighted by molar-refractivity contribution is 0.371. The van der Waals surface area contributed by atoms with Gasteiger partial charge >= 0.3 is 0 Å². The molecule has 0 aliphatic heterocycles. The lowest BCUT2D eigenvalue weighted by Crippen LogP contribution is -1.87. The largest absolute Gasteiger partial charge is 0.497 e. The van der Waals surface area contributed by atoms with Gasteiger partial charge in [0.15, 0.2) is 0 Å². The lowest BCUT2D eigenvalue weighted by atomic mass is 10.1. The first-order chi connectivity index (χ1) is 7.77. The fourth-order valence-corrected chi connectivity index (χ4v) is 1.18. The third kappa shape index (κ3) is 3.56. The van der Waals surface area contributed by atoms with Crippen LogP contribution in [0.4, 0.5) is 0 Å². The third-order valence-corrected chi connectivity index (χ3v) is 2.09. The van der Waals surface area contributed by atoms with Crippen molar-refractivity contribution in [2.75, 3.05) is 7.11 Å². The van der Waals surface area contributed by atoms with Gasteiger partial charge in [0.05, 0.1) is 7.11 Å². The number of ether oxygens (including phenoxy) is 1. The van der Waals surface area contributed by atoms with Gasteiger partial charge in [0, 0.05) is 12.0 Å². The van der Waals surface area contributed by atoms with Crippen LogP contribution in [0.15, 0.2) is 30.8 Å². The minimum Gasteiger partial charge on any atom is -0.497 e. The molecule has 1 aromatic carbocycles. The number of methoxy groups -OCH3 is 1. The van der Waals surface area contributed by atoms with Gasteiger partial charge in [0.2, 0.25) is 0 Å². The zero-order chi connectivity index (χ0) is 11.8. The topological polar surface area (TPSA) is 9.23 Å². The summed E-state index contributed by atoms with van der Waals surface area (Å²) in [4.78, 5) is 0. The molecule has 1 heteroatoms. The number of rotatable bonds is 3. The summed E-state index contributed by atoms with van der Waals surface area (Å²) in [6.45, 7) is 5.57. The second kappa shape index (κ2) is 6.38. The van der Waals surface area contributed by atoms with Crippen molar-refractivity contribution >= 4 is 5.76 Å². The maximum absolute atomic E-state index is 5.05. The number of hydrogen-bond acceptors (Lipinski definition) is 1. The molecule has 0 aliphatic carbocycles. The van der Waals surface area contributed by atoms with Crippen LogP contribution in [0.1, 0.15) is 18.1 Å². The molecule has 0 saturated heterocycles. The quantitative estimate of drug-likeness (QED) is 0.550. The van der Waals surface area contributed by atoms with Crippen molar-refractivity contribution < 1.29 is 4.74 Å². The summed E-state index contributed by atoms with van der Waals surface area (Å²) < 4.78 is 5.05. The molecule has 0 fully saturated rings. The molecule has 0 heterocycles. The Balaban J connectivity index is 2.68. The standard InChI is InChI=1S/C15H14O/c1-4-5-6-7-8-14-9-11-15(12-10-14)13(2)16-3/h9-12H,2,8H2,1,3H3. The van der Waals surface area contributed by atoms with Crippen LogP contribution in [-0.2, 0) is 11.2 Å². The second-order valence-electron chi connectivity index (χ2n) is 3.18. The van der Waals surface area contributed by atoms with Crippen LogP contribution in [0.25, 0.3) is 5.76 Å². The zero-order valence-corrected chi connectivity index (χ0v) is 9.63. The predicted octanol–water partition coefficient (Wildman–Crippen LogP) is 2.87. The van der Waals surface area contributed by atoms with Crippen molar-refractivity contribution in [1.29, 1.82) is 0 Å². The molecule has 0 amide bonds.